The molecule has 4 rings (SSSR count). The van der Waals surface area contributed by atoms with Crippen LogP contribution in [-0.4, -0.2) is 30.9 Å². The Morgan fingerprint density at radius 2 is 1.96 bits per heavy atom. The van der Waals surface area contributed by atoms with Crippen LogP contribution < -0.4 is 4.90 Å². The van der Waals surface area contributed by atoms with Gasteiger partial charge in [-0.25, -0.2) is 4.98 Å². The van der Waals surface area contributed by atoms with Crippen LogP contribution >= 0.6 is 23.2 Å². The summed E-state index contributed by atoms with van der Waals surface area (Å²) in [4.78, 5) is 6.73. The predicted octanol–water partition coefficient (Wildman–Crippen LogP) is 4.85. The van der Waals surface area contributed by atoms with Crippen molar-refractivity contribution in [3.63, 3.8) is 0 Å². The summed E-state index contributed by atoms with van der Waals surface area (Å²) in [6.45, 7) is 10.1. The van der Waals surface area contributed by atoms with E-state index < -0.39 is 0 Å². The van der Waals surface area contributed by atoms with Gasteiger partial charge in [-0.05, 0) is 32.6 Å². The molecule has 4 heterocycles. The highest BCUT2D eigenvalue weighted by atomic mass is 35.5. The lowest BCUT2D eigenvalue weighted by Gasteiger charge is -2.27. The molecule has 1 fully saturated rings. The predicted molar refractivity (Wildman–Crippen MR) is 109 cm³/mol. The standard InChI is InChI=1S/C19H24Cl2N6/c1-11(2)10-26-19(21)18(13(4)24-26)14-6-5-7-25(14)17-9-15(20)22-16-8-12(3)23-27(16)17/h8-9,11,14H,5-7,10H2,1-4H3. The maximum atomic E-state index is 6.77. The van der Waals surface area contributed by atoms with Crippen molar-refractivity contribution in [1.29, 1.82) is 0 Å². The van der Waals surface area contributed by atoms with Gasteiger partial charge in [-0.3, -0.25) is 4.68 Å². The summed E-state index contributed by atoms with van der Waals surface area (Å²) >= 11 is 13.1. The van der Waals surface area contributed by atoms with E-state index in [1.807, 2.05) is 35.2 Å². The molecule has 0 bridgehead atoms. The first kappa shape index (κ1) is 18.6. The summed E-state index contributed by atoms with van der Waals surface area (Å²) < 4.78 is 3.81. The third-order valence-corrected chi connectivity index (χ3v) is 5.62. The summed E-state index contributed by atoms with van der Waals surface area (Å²) in [5.41, 5.74) is 3.78. The molecule has 1 aliphatic rings. The van der Waals surface area contributed by atoms with Gasteiger partial charge in [0.05, 0.1) is 17.4 Å². The lowest BCUT2D eigenvalue weighted by atomic mass is 10.1. The molecular formula is C19H24Cl2N6. The molecule has 0 N–H and O–H groups in total. The summed E-state index contributed by atoms with van der Waals surface area (Å²) in [5.74, 6) is 1.44. The number of hydrogen-bond donors (Lipinski definition) is 0. The number of rotatable bonds is 4. The number of aryl methyl sites for hydroxylation is 2. The summed E-state index contributed by atoms with van der Waals surface area (Å²) in [6, 6.07) is 3.99. The zero-order chi connectivity index (χ0) is 19.3. The van der Waals surface area contributed by atoms with Crippen LogP contribution in [0.15, 0.2) is 12.1 Å². The molecule has 0 aromatic carbocycles. The zero-order valence-corrected chi connectivity index (χ0v) is 17.6. The Balaban J connectivity index is 1.79. The number of hydrogen-bond acceptors (Lipinski definition) is 4. The first-order valence-electron chi connectivity index (χ1n) is 9.37. The minimum absolute atomic E-state index is 0.157. The molecule has 3 aromatic rings. The third-order valence-electron chi connectivity index (χ3n) is 5.03. The lowest BCUT2D eigenvalue weighted by Crippen LogP contribution is -2.25. The van der Waals surface area contributed by atoms with Crippen LogP contribution in [0.5, 0.6) is 0 Å². The van der Waals surface area contributed by atoms with Gasteiger partial charge < -0.3 is 4.90 Å². The molecule has 8 heteroatoms. The minimum Gasteiger partial charge on any atom is -0.349 e. The van der Waals surface area contributed by atoms with Crippen molar-refractivity contribution in [1.82, 2.24) is 24.4 Å². The largest absolute Gasteiger partial charge is 0.349 e. The van der Waals surface area contributed by atoms with Gasteiger partial charge >= 0.3 is 0 Å². The minimum atomic E-state index is 0.157. The zero-order valence-electron chi connectivity index (χ0n) is 16.1. The van der Waals surface area contributed by atoms with Crippen LogP contribution in [0.25, 0.3) is 5.65 Å². The number of nitrogens with zero attached hydrogens (tertiary/aromatic N) is 6. The third kappa shape index (κ3) is 3.29. The van der Waals surface area contributed by atoms with E-state index in [0.717, 1.165) is 59.5 Å². The number of aromatic nitrogens is 5. The number of anilines is 1. The molecule has 0 aliphatic carbocycles. The Labute approximate surface area is 169 Å². The van der Waals surface area contributed by atoms with Crippen molar-refractivity contribution in [3.8, 4) is 0 Å². The highest BCUT2D eigenvalue weighted by molar-refractivity contribution is 6.30. The van der Waals surface area contributed by atoms with Crippen molar-refractivity contribution in [3.05, 3.63) is 39.4 Å². The van der Waals surface area contributed by atoms with E-state index in [9.17, 15) is 0 Å². The summed E-state index contributed by atoms with van der Waals surface area (Å²) in [7, 11) is 0. The first-order valence-corrected chi connectivity index (χ1v) is 10.1. The Kier molecular flexibility index (Phi) is 4.80. The van der Waals surface area contributed by atoms with E-state index in [1.165, 1.54) is 0 Å². The van der Waals surface area contributed by atoms with E-state index in [1.54, 1.807) is 0 Å². The second kappa shape index (κ2) is 6.99. The van der Waals surface area contributed by atoms with Crippen molar-refractivity contribution in [2.45, 2.75) is 53.1 Å². The molecule has 0 radical (unpaired) electrons. The quantitative estimate of drug-likeness (QED) is 0.581. The number of halogens is 2. The van der Waals surface area contributed by atoms with Crippen LogP contribution in [0.2, 0.25) is 10.3 Å². The molecule has 6 nitrogen and oxygen atoms in total. The molecule has 1 atom stereocenters. The van der Waals surface area contributed by atoms with Crippen LogP contribution in [-0.2, 0) is 6.54 Å². The van der Waals surface area contributed by atoms with Crippen molar-refractivity contribution < 1.29 is 0 Å². The average molecular weight is 407 g/mol. The fraction of sp³-hybridized carbons (Fsp3) is 0.526. The maximum Gasteiger partial charge on any atom is 0.159 e. The van der Waals surface area contributed by atoms with Gasteiger partial charge in [-0.15, -0.1) is 0 Å². The van der Waals surface area contributed by atoms with Crippen molar-refractivity contribution in [2.75, 3.05) is 11.4 Å². The molecule has 0 amide bonds. The Hall–Kier alpha value is -1.79. The topological polar surface area (TPSA) is 51.2 Å². The maximum absolute atomic E-state index is 6.77. The average Bonchev–Trinajstić information content (AvgIpc) is 3.24. The van der Waals surface area contributed by atoms with E-state index >= 15 is 0 Å². The lowest BCUT2D eigenvalue weighted by molar-refractivity contribution is 0.481. The van der Waals surface area contributed by atoms with Gasteiger partial charge in [0.25, 0.3) is 0 Å². The van der Waals surface area contributed by atoms with Crippen LogP contribution in [0.3, 0.4) is 0 Å². The Morgan fingerprint density at radius 1 is 1.19 bits per heavy atom. The molecule has 0 saturated carbocycles. The second-order valence-electron chi connectivity index (χ2n) is 7.71. The Morgan fingerprint density at radius 3 is 2.70 bits per heavy atom. The molecule has 1 unspecified atom stereocenters. The highest BCUT2D eigenvalue weighted by Crippen LogP contribution is 2.41. The molecule has 3 aromatic heterocycles. The molecular weight excluding hydrogens is 383 g/mol. The molecule has 1 saturated heterocycles. The SMILES string of the molecule is Cc1cc2nc(Cl)cc(N3CCCC3c3c(C)nn(CC(C)C)c3Cl)n2n1. The van der Waals surface area contributed by atoms with Crippen molar-refractivity contribution in [2.24, 2.45) is 5.92 Å². The number of fused-ring (bicyclic) bond motifs is 1. The first-order chi connectivity index (χ1) is 12.8. The van der Waals surface area contributed by atoms with Crippen molar-refractivity contribution >= 4 is 34.7 Å². The summed E-state index contributed by atoms with van der Waals surface area (Å²) in [6.07, 6.45) is 2.10. The van der Waals surface area contributed by atoms with E-state index in [4.69, 9.17) is 28.3 Å². The molecule has 0 spiro atoms. The van der Waals surface area contributed by atoms with Gasteiger partial charge in [0, 0.05) is 30.8 Å². The Bertz CT molecular complexity index is 990. The van der Waals surface area contributed by atoms with Crippen LogP contribution in [0.4, 0.5) is 5.82 Å². The molecule has 144 valence electrons. The highest BCUT2D eigenvalue weighted by Gasteiger charge is 2.33. The van der Waals surface area contributed by atoms with Gasteiger partial charge in [0.15, 0.2) is 5.65 Å². The van der Waals surface area contributed by atoms with E-state index in [2.05, 4.69) is 28.8 Å². The van der Waals surface area contributed by atoms with Gasteiger partial charge in [-0.1, -0.05) is 37.0 Å². The fourth-order valence-corrected chi connectivity index (χ4v) is 4.56. The summed E-state index contributed by atoms with van der Waals surface area (Å²) in [5, 5.41) is 10.5. The molecule has 1 aliphatic heterocycles. The van der Waals surface area contributed by atoms with Crippen LogP contribution in [0, 0.1) is 19.8 Å². The smallest absolute Gasteiger partial charge is 0.159 e. The molecule has 27 heavy (non-hydrogen) atoms. The van der Waals surface area contributed by atoms with Gasteiger partial charge in [-0.2, -0.15) is 14.7 Å². The second-order valence-corrected chi connectivity index (χ2v) is 8.46. The van der Waals surface area contributed by atoms with Gasteiger partial charge in [0.1, 0.15) is 16.1 Å². The fourth-order valence-electron chi connectivity index (χ4n) is 4.00. The van der Waals surface area contributed by atoms with Crippen LogP contribution in [0.1, 0.15) is 49.7 Å². The van der Waals surface area contributed by atoms with E-state index in [-0.39, 0.29) is 6.04 Å². The monoisotopic (exact) mass is 406 g/mol. The van der Waals surface area contributed by atoms with E-state index in [0.29, 0.717) is 11.1 Å². The van der Waals surface area contributed by atoms with Gasteiger partial charge in [0.2, 0.25) is 0 Å². The normalized spacial score (nSPS) is 17.6.